The van der Waals surface area contributed by atoms with Crippen molar-refractivity contribution in [2.75, 3.05) is 74.7 Å². The third-order valence-electron chi connectivity index (χ3n) is 8.39. The van der Waals surface area contributed by atoms with Gasteiger partial charge in [-0.25, -0.2) is 8.51 Å². The molecule has 2 N–H and O–H groups in total. The maximum Gasteiger partial charge on any atom is 0.248 e. The number of hydrogen-bond donors (Lipinski definition) is 0. The summed E-state index contributed by atoms with van der Waals surface area (Å²) < 4.78 is 25.9. The summed E-state index contributed by atoms with van der Waals surface area (Å²) in [6.45, 7) is 8.40. The second kappa shape index (κ2) is 16.0. The Kier molecular flexibility index (Phi) is 13.8. The number of rotatable bonds is 12. The average molecular weight is 569 g/mol. The van der Waals surface area contributed by atoms with Gasteiger partial charge in [0.15, 0.2) is 0 Å². The van der Waals surface area contributed by atoms with Gasteiger partial charge < -0.3 is 29.6 Å². The third kappa shape index (κ3) is 9.50. The number of methoxy groups -OCH3 is 1. The second-order valence-electron chi connectivity index (χ2n) is 11.4. The molecule has 1 aromatic rings. The van der Waals surface area contributed by atoms with E-state index in [2.05, 4.69) is 23.9 Å². The summed E-state index contributed by atoms with van der Waals surface area (Å²) in [5.74, 6) is 1.54. The number of aryl methyl sites for hydroxylation is 2. The van der Waals surface area contributed by atoms with E-state index in [9.17, 15) is 9.00 Å². The predicted octanol–water partition coefficient (Wildman–Crippen LogP) is 2.50. The summed E-state index contributed by atoms with van der Waals surface area (Å²) in [5.41, 5.74) is 1.88. The molecular formula is C29H52N4O5S. The quantitative estimate of drug-likeness (QED) is 0.360. The fourth-order valence-corrected chi connectivity index (χ4v) is 7.12. The normalized spacial score (nSPS) is 22.9. The van der Waals surface area contributed by atoms with Gasteiger partial charge in [-0.05, 0) is 102 Å². The van der Waals surface area contributed by atoms with Crippen molar-refractivity contribution in [2.45, 2.75) is 69.4 Å². The lowest BCUT2D eigenvalue weighted by molar-refractivity contribution is -0.137. The molecular weight excluding hydrogens is 516 g/mol. The van der Waals surface area contributed by atoms with Crippen LogP contribution in [0.1, 0.15) is 49.7 Å². The predicted molar refractivity (Wildman–Crippen MR) is 158 cm³/mol. The molecule has 2 aliphatic rings. The van der Waals surface area contributed by atoms with Crippen molar-refractivity contribution in [2.24, 2.45) is 5.92 Å². The topological polar surface area (TPSA) is 97.1 Å². The van der Waals surface area contributed by atoms with Gasteiger partial charge in [-0.3, -0.25) is 4.79 Å². The summed E-state index contributed by atoms with van der Waals surface area (Å²) in [5, 5.41) is 0. The molecule has 9 nitrogen and oxygen atoms in total. The largest absolute Gasteiger partial charge is 0.497 e. The lowest BCUT2D eigenvalue weighted by atomic mass is 9.84. The highest BCUT2D eigenvalue weighted by molar-refractivity contribution is 7.82. The van der Waals surface area contributed by atoms with Crippen LogP contribution in [0.25, 0.3) is 0 Å². The minimum absolute atomic E-state index is 0. The van der Waals surface area contributed by atoms with E-state index in [0.29, 0.717) is 25.2 Å². The van der Waals surface area contributed by atoms with E-state index in [1.54, 1.807) is 11.4 Å². The van der Waals surface area contributed by atoms with Crippen LogP contribution in [0.15, 0.2) is 17.0 Å². The number of hydrogen-bond acceptors (Lipinski definition) is 6. The van der Waals surface area contributed by atoms with Crippen LogP contribution in [0.3, 0.4) is 0 Å². The summed E-state index contributed by atoms with van der Waals surface area (Å²) in [7, 11) is 8.45. The van der Waals surface area contributed by atoms with Crippen molar-refractivity contribution in [3.8, 4) is 5.75 Å². The van der Waals surface area contributed by atoms with Crippen LogP contribution in [0, 0.1) is 19.8 Å². The van der Waals surface area contributed by atoms with Gasteiger partial charge in [0, 0.05) is 45.8 Å². The number of piperidine rings is 1. The summed E-state index contributed by atoms with van der Waals surface area (Å²) in [6.07, 6.45) is 7.11. The lowest BCUT2D eigenvalue weighted by Gasteiger charge is -2.40. The molecule has 3 rings (SSSR count). The Morgan fingerprint density at radius 3 is 2.26 bits per heavy atom. The molecule has 2 atom stereocenters. The number of amides is 1. The van der Waals surface area contributed by atoms with Crippen LogP contribution < -0.4 is 4.74 Å². The molecule has 1 saturated heterocycles. The molecule has 1 unspecified atom stereocenters. The van der Waals surface area contributed by atoms with Crippen LogP contribution in [-0.2, 0) is 20.5 Å². The highest BCUT2D eigenvalue weighted by atomic mass is 32.2. The molecule has 2 fully saturated rings. The van der Waals surface area contributed by atoms with E-state index in [1.165, 1.54) is 45.3 Å². The first-order chi connectivity index (χ1) is 18.1. The van der Waals surface area contributed by atoms with E-state index in [0.717, 1.165) is 40.5 Å². The van der Waals surface area contributed by atoms with Gasteiger partial charge in [-0.15, -0.1) is 0 Å². The first-order valence-corrected chi connectivity index (χ1v) is 15.2. The first-order valence-electron chi connectivity index (χ1n) is 14.1. The molecule has 1 aliphatic carbocycles. The van der Waals surface area contributed by atoms with Gasteiger partial charge in [0.25, 0.3) is 0 Å². The molecule has 10 heteroatoms. The smallest absolute Gasteiger partial charge is 0.248 e. The average Bonchev–Trinajstić information content (AvgIpc) is 2.90. The van der Waals surface area contributed by atoms with Crippen molar-refractivity contribution < 1.29 is 24.0 Å². The minimum Gasteiger partial charge on any atom is -0.497 e. The van der Waals surface area contributed by atoms with E-state index in [-0.39, 0.29) is 18.0 Å². The Bertz CT molecular complexity index is 915. The molecule has 224 valence electrons. The maximum absolute atomic E-state index is 13.1. The van der Waals surface area contributed by atoms with Crippen molar-refractivity contribution in [3.05, 3.63) is 23.3 Å². The van der Waals surface area contributed by atoms with Crippen LogP contribution in [0.5, 0.6) is 5.75 Å². The fourth-order valence-electron chi connectivity index (χ4n) is 5.90. The Balaban J connectivity index is 0.00000533. The molecule has 1 heterocycles. The van der Waals surface area contributed by atoms with Gasteiger partial charge in [0.1, 0.15) is 23.3 Å². The second-order valence-corrected chi connectivity index (χ2v) is 13.0. The molecule has 0 bridgehead atoms. The number of likely N-dealkylation sites (tertiary alicyclic amines) is 1. The maximum atomic E-state index is 13.1. The molecule has 0 spiro atoms. The lowest BCUT2D eigenvalue weighted by Crippen LogP contribution is -2.47. The standard InChI is InChI=1S/C29H50N4O4S.H2O/c1-22-17-27(36-7)18-23(2)29(22)38(35)31(5)15-16-37-21-28(34)32(6)25-12-10-24(11-13-25)19-33-14-8-9-26(20-33)30(3)4;/h17-18,24-26H,8-16,19-21H2,1-7H3;1H2/t24?,25?,26-,38?;/m0./s1. The van der Waals surface area contributed by atoms with Crippen molar-refractivity contribution in [3.63, 3.8) is 0 Å². The van der Waals surface area contributed by atoms with Crippen LogP contribution in [-0.4, -0.2) is 121 Å². The third-order valence-corrected chi connectivity index (χ3v) is 10.1. The highest BCUT2D eigenvalue weighted by Crippen LogP contribution is 2.29. The van der Waals surface area contributed by atoms with Crippen molar-refractivity contribution in [1.82, 2.24) is 19.0 Å². The van der Waals surface area contributed by atoms with Crippen LogP contribution >= 0.6 is 0 Å². The number of likely N-dealkylation sites (N-methyl/N-ethyl adjacent to an activating group) is 3. The van der Waals surface area contributed by atoms with Gasteiger partial charge in [-0.1, -0.05) is 0 Å². The number of nitrogens with zero attached hydrogens (tertiary/aromatic N) is 4. The molecule has 1 saturated carbocycles. The van der Waals surface area contributed by atoms with Gasteiger partial charge in [-0.2, -0.15) is 0 Å². The zero-order valence-corrected chi connectivity index (χ0v) is 26.0. The zero-order valence-electron chi connectivity index (χ0n) is 25.2. The molecule has 1 aromatic carbocycles. The van der Waals surface area contributed by atoms with Crippen molar-refractivity contribution >= 4 is 16.9 Å². The Labute approximate surface area is 238 Å². The summed E-state index contributed by atoms with van der Waals surface area (Å²) >= 11 is 0. The molecule has 1 aliphatic heterocycles. The Morgan fingerprint density at radius 2 is 1.67 bits per heavy atom. The number of ether oxygens (including phenoxy) is 2. The number of benzene rings is 1. The van der Waals surface area contributed by atoms with Gasteiger partial charge >= 0.3 is 0 Å². The van der Waals surface area contributed by atoms with E-state index >= 15 is 0 Å². The van der Waals surface area contributed by atoms with Crippen molar-refractivity contribution in [1.29, 1.82) is 0 Å². The van der Waals surface area contributed by atoms with E-state index < -0.39 is 11.0 Å². The Morgan fingerprint density at radius 1 is 1.03 bits per heavy atom. The number of carbonyl (C=O) groups is 1. The fraction of sp³-hybridized carbons (Fsp3) is 0.759. The summed E-state index contributed by atoms with van der Waals surface area (Å²) in [4.78, 5) is 20.5. The monoisotopic (exact) mass is 568 g/mol. The Hall–Kier alpha value is -1.56. The van der Waals surface area contributed by atoms with Gasteiger partial charge in [0.2, 0.25) is 5.91 Å². The van der Waals surface area contributed by atoms with E-state index in [1.807, 2.05) is 45.0 Å². The summed E-state index contributed by atoms with van der Waals surface area (Å²) in [6, 6.07) is 4.79. The van der Waals surface area contributed by atoms with Crippen LogP contribution in [0.2, 0.25) is 0 Å². The minimum atomic E-state index is -1.30. The SMILES string of the molecule is COc1cc(C)c(S(=O)N(C)CCOCC(=O)N(C)C2CCC(CN3CCC[C@H](N(C)C)C3)CC2)c(C)c1.O. The van der Waals surface area contributed by atoms with E-state index in [4.69, 9.17) is 9.47 Å². The van der Waals surface area contributed by atoms with Gasteiger partial charge in [0.05, 0.1) is 18.6 Å². The first kappa shape index (κ1) is 33.6. The molecule has 39 heavy (non-hydrogen) atoms. The van der Waals surface area contributed by atoms with Crippen LogP contribution in [0.4, 0.5) is 0 Å². The highest BCUT2D eigenvalue weighted by Gasteiger charge is 2.29. The zero-order chi connectivity index (χ0) is 27.8. The molecule has 1 amide bonds. The molecule has 0 radical (unpaired) electrons. The number of carbonyl (C=O) groups excluding carboxylic acids is 1. The molecule has 0 aromatic heterocycles.